The van der Waals surface area contributed by atoms with Crippen LogP contribution >= 0.6 is 11.6 Å². The smallest absolute Gasteiger partial charge is 0.337 e. The second kappa shape index (κ2) is 10.4. The highest BCUT2D eigenvalue weighted by Crippen LogP contribution is 2.21. The summed E-state index contributed by atoms with van der Waals surface area (Å²) in [7, 11) is 1.34. The third-order valence-electron chi connectivity index (χ3n) is 4.82. The van der Waals surface area contributed by atoms with Crippen LogP contribution in [0, 0.1) is 0 Å². The molecule has 0 radical (unpaired) electrons. The number of ether oxygens (including phenoxy) is 1. The van der Waals surface area contributed by atoms with E-state index in [1.165, 1.54) is 7.11 Å². The first-order valence-electron chi connectivity index (χ1n) is 10.2. The quantitative estimate of drug-likeness (QED) is 0.392. The predicted molar refractivity (Wildman–Crippen MR) is 121 cm³/mol. The molecule has 1 aromatic heterocycles. The standard InChI is InChI=1S/C23H27ClN4O3/c1-15(2)25-10-11-26-22(29)13-21-27-19-12-17(23(30)31-3)6-9-20(19)28(21)14-16-4-7-18(24)8-5-16/h4-9,12,15,25H,10-11,13-14H2,1-3H3,(H,26,29). The van der Waals surface area contributed by atoms with E-state index in [9.17, 15) is 9.59 Å². The van der Waals surface area contributed by atoms with Crippen LogP contribution in [0.25, 0.3) is 11.0 Å². The highest BCUT2D eigenvalue weighted by Gasteiger charge is 2.16. The minimum atomic E-state index is -0.425. The summed E-state index contributed by atoms with van der Waals surface area (Å²) in [6.07, 6.45) is 0.136. The van der Waals surface area contributed by atoms with Gasteiger partial charge in [-0.25, -0.2) is 9.78 Å². The van der Waals surface area contributed by atoms with Crippen molar-refractivity contribution in [3.8, 4) is 0 Å². The summed E-state index contributed by atoms with van der Waals surface area (Å²) in [5, 5.41) is 6.85. The van der Waals surface area contributed by atoms with Crippen LogP contribution in [0.5, 0.6) is 0 Å². The Kier molecular flexibility index (Phi) is 7.65. The van der Waals surface area contributed by atoms with Crippen molar-refractivity contribution in [2.45, 2.75) is 32.9 Å². The average Bonchev–Trinajstić information content (AvgIpc) is 3.08. The lowest BCUT2D eigenvalue weighted by molar-refractivity contribution is -0.120. The number of halogens is 1. The summed E-state index contributed by atoms with van der Waals surface area (Å²) in [4.78, 5) is 29.1. The Balaban J connectivity index is 1.87. The monoisotopic (exact) mass is 442 g/mol. The van der Waals surface area contributed by atoms with Gasteiger partial charge in [0.05, 0.1) is 30.1 Å². The van der Waals surface area contributed by atoms with Crippen LogP contribution in [-0.4, -0.2) is 47.7 Å². The summed E-state index contributed by atoms with van der Waals surface area (Å²) >= 11 is 6.01. The molecule has 0 atom stereocenters. The number of nitrogens with zero attached hydrogens (tertiary/aromatic N) is 2. The predicted octanol–water partition coefficient (Wildman–Crippen LogP) is 3.18. The van der Waals surface area contributed by atoms with Crippen LogP contribution in [-0.2, 0) is 22.5 Å². The van der Waals surface area contributed by atoms with Crippen LogP contribution in [0.4, 0.5) is 0 Å². The molecule has 2 aromatic carbocycles. The normalized spacial score (nSPS) is 11.1. The molecule has 0 bridgehead atoms. The number of methoxy groups -OCH3 is 1. The molecule has 0 aliphatic carbocycles. The van der Waals surface area contributed by atoms with Crippen molar-refractivity contribution in [2.75, 3.05) is 20.2 Å². The van der Waals surface area contributed by atoms with E-state index in [1.807, 2.05) is 34.9 Å². The highest BCUT2D eigenvalue weighted by atomic mass is 35.5. The van der Waals surface area contributed by atoms with Gasteiger partial charge in [0.2, 0.25) is 5.91 Å². The lowest BCUT2D eigenvalue weighted by Crippen LogP contribution is -2.35. The maximum atomic E-state index is 12.5. The van der Waals surface area contributed by atoms with Gasteiger partial charge >= 0.3 is 5.97 Å². The first kappa shape index (κ1) is 22.8. The molecule has 0 saturated heterocycles. The van der Waals surface area contributed by atoms with E-state index in [1.54, 1.807) is 12.1 Å². The molecule has 1 heterocycles. The fourth-order valence-corrected chi connectivity index (χ4v) is 3.40. The van der Waals surface area contributed by atoms with E-state index in [0.717, 1.165) is 11.1 Å². The van der Waals surface area contributed by atoms with Crippen molar-refractivity contribution in [1.82, 2.24) is 20.2 Å². The largest absolute Gasteiger partial charge is 0.465 e. The molecular weight excluding hydrogens is 416 g/mol. The second-order valence-corrected chi connectivity index (χ2v) is 8.01. The molecule has 0 saturated carbocycles. The number of carbonyl (C=O) groups excluding carboxylic acids is 2. The lowest BCUT2D eigenvalue weighted by atomic mass is 10.2. The molecule has 164 valence electrons. The zero-order valence-corrected chi connectivity index (χ0v) is 18.7. The van der Waals surface area contributed by atoms with Crippen molar-refractivity contribution < 1.29 is 14.3 Å². The summed E-state index contributed by atoms with van der Waals surface area (Å²) in [6, 6.07) is 13.1. The lowest BCUT2D eigenvalue weighted by Gasteiger charge is -2.11. The molecule has 3 rings (SSSR count). The Morgan fingerprint density at radius 1 is 1.13 bits per heavy atom. The average molecular weight is 443 g/mol. The van der Waals surface area contributed by atoms with Gasteiger partial charge in [0.25, 0.3) is 0 Å². The zero-order valence-electron chi connectivity index (χ0n) is 17.9. The first-order chi connectivity index (χ1) is 14.9. The number of fused-ring (bicyclic) bond motifs is 1. The Morgan fingerprint density at radius 2 is 1.87 bits per heavy atom. The van der Waals surface area contributed by atoms with Crippen molar-refractivity contribution in [3.63, 3.8) is 0 Å². The molecule has 1 amide bonds. The van der Waals surface area contributed by atoms with Gasteiger partial charge in [-0.2, -0.15) is 0 Å². The number of amides is 1. The van der Waals surface area contributed by atoms with Gasteiger partial charge in [-0.15, -0.1) is 0 Å². The molecular formula is C23H27ClN4O3. The Hall–Kier alpha value is -2.90. The topological polar surface area (TPSA) is 85.2 Å². The summed E-state index contributed by atoms with van der Waals surface area (Å²) in [5.41, 5.74) is 2.93. The number of rotatable bonds is 9. The second-order valence-electron chi connectivity index (χ2n) is 7.57. The van der Waals surface area contributed by atoms with Gasteiger partial charge in [0, 0.05) is 30.7 Å². The van der Waals surface area contributed by atoms with Crippen LogP contribution in [0.3, 0.4) is 0 Å². The van der Waals surface area contributed by atoms with Gasteiger partial charge in [0.1, 0.15) is 5.82 Å². The van der Waals surface area contributed by atoms with E-state index >= 15 is 0 Å². The fraction of sp³-hybridized carbons (Fsp3) is 0.348. The van der Waals surface area contributed by atoms with Crippen LogP contribution < -0.4 is 10.6 Å². The number of hydrogen-bond acceptors (Lipinski definition) is 5. The van der Waals surface area contributed by atoms with E-state index in [-0.39, 0.29) is 12.3 Å². The van der Waals surface area contributed by atoms with Crippen molar-refractivity contribution in [2.24, 2.45) is 0 Å². The first-order valence-corrected chi connectivity index (χ1v) is 10.6. The summed E-state index contributed by atoms with van der Waals surface area (Å²) in [5.74, 6) is 0.0961. The summed E-state index contributed by atoms with van der Waals surface area (Å²) in [6.45, 7) is 5.89. The highest BCUT2D eigenvalue weighted by molar-refractivity contribution is 6.30. The molecule has 2 N–H and O–H groups in total. The van der Waals surface area contributed by atoms with E-state index in [2.05, 4.69) is 29.5 Å². The third-order valence-corrected chi connectivity index (χ3v) is 5.07. The Labute approximate surface area is 186 Å². The molecule has 0 aliphatic rings. The number of hydrogen-bond donors (Lipinski definition) is 2. The molecule has 31 heavy (non-hydrogen) atoms. The van der Waals surface area contributed by atoms with Gasteiger partial charge in [0.15, 0.2) is 0 Å². The molecule has 7 nitrogen and oxygen atoms in total. The molecule has 0 fully saturated rings. The molecule has 0 unspecified atom stereocenters. The Morgan fingerprint density at radius 3 is 2.55 bits per heavy atom. The van der Waals surface area contributed by atoms with Gasteiger partial charge in [-0.1, -0.05) is 37.6 Å². The van der Waals surface area contributed by atoms with Gasteiger partial charge in [-0.3, -0.25) is 4.79 Å². The van der Waals surface area contributed by atoms with Gasteiger partial charge < -0.3 is 19.9 Å². The molecule has 8 heteroatoms. The number of nitrogens with one attached hydrogen (secondary N) is 2. The van der Waals surface area contributed by atoms with Crippen LogP contribution in [0.2, 0.25) is 5.02 Å². The van der Waals surface area contributed by atoms with Crippen molar-refractivity contribution >= 4 is 34.5 Å². The number of imidazole rings is 1. The molecule has 3 aromatic rings. The number of aromatic nitrogens is 2. The number of carbonyl (C=O) groups is 2. The number of esters is 1. The van der Waals surface area contributed by atoms with E-state index in [0.29, 0.717) is 47.6 Å². The van der Waals surface area contributed by atoms with E-state index in [4.69, 9.17) is 16.3 Å². The Bertz CT molecular complexity index is 1060. The maximum Gasteiger partial charge on any atom is 0.337 e. The third kappa shape index (κ3) is 6.06. The van der Waals surface area contributed by atoms with Crippen molar-refractivity contribution in [3.05, 3.63) is 64.4 Å². The minimum absolute atomic E-state index is 0.105. The number of benzene rings is 2. The van der Waals surface area contributed by atoms with E-state index < -0.39 is 5.97 Å². The van der Waals surface area contributed by atoms with Crippen molar-refractivity contribution in [1.29, 1.82) is 0 Å². The summed E-state index contributed by atoms with van der Waals surface area (Å²) < 4.78 is 6.80. The minimum Gasteiger partial charge on any atom is -0.465 e. The van der Waals surface area contributed by atoms with Crippen LogP contribution in [0.15, 0.2) is 42.5 Å². The SMILES string of the molecule is COC(=O)c1ccc2c(c1)nc(CC(=O)NCCNC(C)C)n2Cc1ccc(Cl)cc1. The van der Waals surface area contributed by atoms with Gasteiger partial charge in [-0.05, 0) is 35.9 Å². The molecule has 0 aliphatic heterocycles. The maximum absolute atomic E-state index is 12.5. The fourth-order valence-electron chi connectivity index (χ4n) is 3.28. The molecule has 0 spiro atoms. The van der Waals surface area contributed by atoms with Crippen LogP contribution in [0.1, 0.15) is 35.6 Å². The zero-order chi connectivity index (χ0) is 22.4.